The number of nitrogens with two attached hydrogens (primary N) is 1. The molecule has 1 aliphatic rings. The van der Waals surface area contributed by atoms with E-state index in [4.69, 9.17) is 15.2 Å². The molecule has 1 aliphatic carbocycles. The van der Waals surface area contributed by atoms with Crippen molar-refractivity contribution in [2.24, 2.45) is 11.7 Å². The minimum Gasteiger partial charge on any atom is -0.504 e. The van der Waals surface area contributed by atoms with Crippen molar-refractivity contribution in [3.05, 3.63) is 23.8 Å². The fraction of sp³-hybridized carbons (Fsp3) is 0.556. The molecule has 25 heavy (non-hydrogen) atoms. The molecule has 1 saturated carbocycles. The van der Waals surface area contributed by atoms with Crippen LogP contribution in [0.4, 0.5) is 0 Å². The normalized spacial score (nSPS) is 17.9. The first-order valence-corrected chi connectivity index (χ1v) is 8.45. The molecule has 0 amide bonds. The topological polar surface area (TPSA) is 119 Å². The number of hydrogen-bond donors (Lipinski definition) is 3. The molecule has 0 unspecified atom stereocenters. The molecule has 1 fully saturated rings. The number of phenolic OH excluding ortho intramolecular Hbond substituents is 2. The average Bonchev–Trinajstić information content (AvgIpc) is 2.48. The zero-order valence-corrected chi connectivity index (χ0v) is 14.5. The van der Waals surface area contributed by atoms with Crippen LogP contribution in [0.2, 0.25) is 0 Å². The van der Waals surface area contributed by atoms with Gasteiger partial charge in [-0.05, 0) is 50.8 Å². The fourth-order valence-electron chi connectivity index (χ4n) is 2.42. The van der Waals surface area contributed by atoms with Gasteiger partial charge in [0.25, 0.3) is 0 Å². The average molecular weight is 351 g/mol. The van der Waals surface area contributed by atoms with E-state index in [1.807, 2.05) is 0 Å². The number of carbonyl (C=O) groups excluding carboxylic acids is 2. The minimum atomic E-state index is -0.930. The second-order valence-electron chi connectivity index (χ2n) is 6.55. The van der Waals surface area contributed by atoms with Crippen LogP contribution in [0.15, 0.2) is 18.2 Å². The van der Waals surface area contributed by atoms with Crippen LogP contribution >= 0.6 is 0 Å². The van der Waals surface area contributed by atoms with Gasteiger partial charge in [0.15, 0.2) is 11.5 Å². The van der Waals surface area contributed by atoms with E-state index in [0.29, 0.717) is 5.56 Å². The van der Waals surface area contributed by atoms with E-state index in [2.05, 4.69) is 0 Å². The van der Waals surface area contributed by atoms with E-state index >= 15 is 0 Å². The number of rotatable bonds is 7. The van der Waals surface area contributed by atoms with Gasteiger partial charge in [0.1, 0.15) is 18.2 Å². The molecule has 0 spiro atoms. The fourth-order valence-corrected chi connectivity index (χ4v) is 2.42. The van der Waals surface area contributed by atoms with Crippen LogP contribution in [-0.4, -0.2) is 40.4 Å². The maximum Gasteiger partial charge on any atom is 0.323 e. The van der Waals surface area contributed by atoms with E-state index in [0.717, 1.165) is 19.3 Å². The van der Waals surface area contributed by atoms with Crippen LogP contribution in [-0.2, 0) is 25.5 Å². The summed E-state index contributed by atoms with van der Waals surface area (Å²) in [6, 6.07) is 3.30. The highest BCUT2D eigenvalue weighted by molar-refractivity contribution is 5.76. The first kappa shape index (κ1) is 19.1. The molecule has 0 radical (unpaired) electrons. The van der Waals surface area contributed by atoms with Crippen molar-refractivity contribution in [2.45, 2.75) is 57.8 Å². The first-order chi connectivity index (χ1) is 11.8. The molecule has 2 rings (SSSR count). The molecule has 7 heteroatoms. The molecule has 1 aromatic carbocycles. The molecular formula is C18H25NO6. The Hall–Kier alpha value is -2.28. The number of ether oxygens (including phenoxy) is 2. The second-order valence-corrected chi connectivity index (χ2v) is 6.55. The molecule has 0 aliphatic heterocycles. The molecule has 0 saturated heterocycles. The van der Waals surface area contributed by atoms with Gasteiger partial charge in [-0.1, -0.05) is 12.5 Å². The Morgan fingerprint density at radius 2 is 1.80 bits per heavy atom. The highest BCUT2D eigenvalue weighted by Gasteiger charge is 2.30. The smallest absolute Gasteiger partial charge is 0.323 e. The summed E-state index contributed by atoms with van der Waals surface area (Å²) in [6.07, 6.45) is 1.72. The first-order valence-electron chi connectivity index (χ1n) is 8.45. The lowest BCUT2D eigenvalue weighted by Crippen LogP contribution is -2.40. The molecule has 138 valence electrons. The molecular weight excluding hydrogens is 326 g/mol. The van der Waals surface area contributed by atoms with Gasteiger partial charge >= 0.3 is 11.9 Å². The second kappa shape index (κ2) is 8.20. The van der Waals surface area contributed by atoms with E-state index in [1.165, 1.54) is 12.1 Å². The summed E-state index contributed by atoms with van der Waals surface area (Å²) in [5, 5.41) is 18.8. The quantitative estimate of drug-likeness (QED) is 0.504. The number of phenols is 2. The van der Waals surface area contributed by atoms with Crippen LogP contribution in [0.5, 0.6) is 11.5 Å². The van der Waals surface area contributed by atoms with Crippen molar-refractivity contribution in [1.82, 2.24) is 0 Å². The summed E-state index contributed by atoms with van der Waals surface area (Å²) >= 11 is 0. The van der Waals surface area contributed by atoms with Crippen molar-refractivity contribution in [2.75, 3.05) is 0 Å². The predicted molar refractivity (Wildman–Crippen MR) is 89.9 cm³/mol. The third kappa shape index (κ3) is 5.09. The standard InChI is InChI=1S/C18H25NO6/c1-10(24-17(22)13-4-3-5-13)11(2)25-18(23)14(19)8-12-6-7-15(20)16(21)9-12/h6-7,9-11,13-14,20-21H,3-5,8,19H2,1-2H3/t10-,11+,14-/m0/s1. The van der Waals surface area contributed by atoms with Gasteiger partial charge in [0.2, 0.25) is 0 Å². The summed E-state index contributed by atoms with van der Waals surface area (Å²) < 4.78 is 10.6. The Kier molecular flexibility index (Phi) is 6.25. The van der Waals surface area contributed by atoms with Gasteiger partial charge in [-0.25, -0.2) is 0 Å². The molecule has 0 aromatic heterocycles. The Labute approximate surface area is 146 Å². The van der Waals surface area contributed by atoms with Gasteiger partial charge in [-0.2, -0.15) is 0 Å². The van der Waals surface area contributed by atoms with Gasteiger partial charge < -0.3 is 25.4 Å². The molecule has 0 heterocycles. The third-order valence-electron chi connectivity index (χ3n) is 4.50. The SMILES string of the molecule is C[C@H](OC(=O)C1CCC1)[C@@H](C)OC(=O)[C@@H](N)Cc1ccc(O)c(O)c1. The molecule has 0 bridgehead atoms. The van der Waals surface area contributed by atoms with Gasteiger partial charge in [0, 0.05) is 0 Å². The van der Waals surface area contributed by atoms with Crippen molar-refractivity contribution in [1.29, 1.82) is 0 Å². The van der Waals surface area contributed by atoms with Crippen LogP contribution in [0, 0.1) is 5.92 Å². The van der Waals surface area contributed by atoms with Crippen LogP contribution in [0.3, 0.4) is 0 Å². The van der Waals surface area contributed by atoms with Gasteiger partial charge in [-0.3, -0.25) is 9.59 Å². The summed E-state index contributed by atoms with van der Waals surface area (Å²) in [4.78, 5) is 23.9. The molecule has 4 N–H and O–H groups in total. The summed E-state index contributed by atoms with van der Waals surface area (Å²) in [6.45, 7) is 3.33. The Bertz CT molecular complexity index is 628. The maximum atomic E-state index is 12.1. The summed E-state index contributed by atoms with van der Waals surface area (Å²) in [7, 11) is 0. The van der Waals surface area contributed by atoms with E-state index in [1.54, 1.807) is 19.9 Å². The lowest BCUT2D eigenvalue weighted by Gasteiger charge is -2.27. The number of aromatic hydroxyl groups is 2. The predicted octanol–water partition coefficient (Wildman–Crippen LogP) is 1.63. The number of hydrogen-bond acceptors (Lipinski definition) is 7. The van der Waals surface area contributed by atoms with Crippen molar-refractivity contribution in [3.63, 3.8) is 0 Å². The van der Waals surface area contributed by atoms with Crippen molar-refractivity contribution in [3.8, 4) is 11.5 Å². The monoisotopic (exact) mass is 351 g/mol. The largest absolute Gasteiger partial charge is 0.504 e. The van der Waals surface area contributed by atoms with E-state index < -0.39 is 24.2 Å². The Balaban J connectivity index is 1.82. The van der Waals surface area contributed by atoms with Gasteiger partial charge in [-0.15, -0.1) is 0 Å². The van der Waals surface area contributed by atoms with Crippen molar-refractivity contribution >= 4 is 11.9 Å². The zero-order chi connectivity index (χ0) is 18.6. The van der Waals surface area contributed by atoms with E-state index in [-0.39, 0.29) is 29.8 Å². The zero-order valence-electron chi connectivity index (χ0n) is 14.5. The lowest BCUT2D eigenvalue weighted by molar-refractivity contribution is -0.170. The number of esters is 2. The minimum absolute atomic E-state index is 0.0326. The Morgan fingerprint density at radius 1 is 1.16 bits per heavy atom. The summed E-state index contributed by atoms with van der Waals surface area (Å²) in [5.74, 6) is -1.41. The van der Waals surface area contributed by atoms with Gasteiger partial charge in [0.05, 0.1) is 5.92 Å². The van der Waals surface area contributed by atoms with Crippen LogP contribution < -0.4 is 5.73 Å². The van der Waals surface area contributed by atoms with Crippen LogP contribution in [0.25, 0.3) is 0 Å². The Morgan fingerprint density at radius 3 is 2.36 bits per heavy atom. The molecule has 7 nitrogen and oxygen atoms in total. The van der Waals surface area contributed by atoms with Crippen LogP contribution in [0.1, 0.15) is 38.7 Å². The van der Waals surface area contributed by atoms with Crippen molar-refractivity contribution < 1.29 is 29.3 Å². The molecule has 1 aromatic rings. The third-order valence-corrected chi connectivity index (χ3v) is 4.50. The number of carbonyl (C=O) groups is 2. The molecule has 3 atom stereocenters. The maximum absolute atomic E-state index is 12.1. The highest BCUT2D eigenvalue weighted by atomic mass is 16.6. The summed E-state index contributed by atoms with van der Waals surface area (Å²) in [5.41, 5.74) is 6.43. The van der Waals surface area contributed by atoms with E-state index in [9.17, 15) is 19.8 Å². The number of benzene rings is 1. The lowest BCUT2D eigenvalue weighted by atomic mass is 9.86. The highest BCUT2D eigenvalue weighted by Crippen LogP contribution is 2.28.